The van der Waals surface area contributed by atoms with Crippen LogP contribution in [-0.4, -0.2) is 20.3 Å². The summed E-state index contributed by atoms with van der Waals surface area (Å²) in [5.41, 5.74) is 2.45. The van der Waals surface area contributed by atoms with Gasteiger partial charge in [0.25, 0.3) is 0 Å². The van der Waals surface area contributed by atoms with Crippen LogP contribution in [0.25, 0.3) is 0 Å². The first-order valence-electron chi connectivity index (χ1n) is 5.22. The zero-order chi connectivity index (χ0) is 11.1. The summed E-state index contributed by atoms with van der Waals surface area (Å²) in [6, 6.07) is 6.36. The van der Waals surface area contributed by atoms with E-state index in [0.29, 0.717) is 0 Å². The van der Waals surface area contributed by atoms with Crippen LogP contribution in [0.3, 0.4) is 0 Å². The lowest BCUT2D eigenvalue weighted by molar-refractivity contribution is 0.194. The van der Waals surface area contributed by atoms with Crippen LogP contribution in [0.5, 0.6) is 0 Å². The maximum atomic E-state index is 5.00. The first-order valence-corrected chi connectivity index (χ1v) is 6.01. The number of benzene rings is 1. The number of hydrogen-bond donors (Lipinski definition) is 1. The molecule has 0 aliphatic rings. The summed E-state index contributed by atoms with van der Waals surface area (Å²) in [5, 5.41) is 3.40. The molecular formula is C12H18BrNO. The van der Waals surface area contributed by atoms with Crippen molar-refractivity contribution in [1.29, 1.82) is 0 Å². The van der Waals surface area contributed by atoms with Gasteiger partial charge in [0.15, 0.2) is 0 Å². The van der Waals surface area contributed by atoms with E-state index in [2.05, 4.69) is 46.4 Å². The standard InChI is InChI=1S/C12H18BrNO/c1-10-7-11(13)9-12(8-10)14-5-3-4-6-15-2/h7-9,14H,3-6H2,1-2H3. The third kappa shape index (κ3) is 5.19. The molecule has 15 heavy (non-hydrogen) atoms. The van der Waals surface area contributed by atoms with E-state index >= 15 is 0 Å². The number of nitrogens with one attached hydrogen (secondary N) is 1. The summed E-state index contributed by atoms with van der Waals surface area (Å²) in [6.07, 6.45) is 2.25. The van der Waals surface area contributed by atoms with Gasteiger partial charge in [-0.3, -0.25) is 0 Å². The molecule has 0 aliphatic carbocycles. The Morgan fingerprint density at radius 1 is 1.27 bits per heavy atom. The van der Waals surface area contributed by atoms with Crippen molar-refractivity contribution in [3.05, 3.63) is 28.2 Å². The van der Waals surface area contributed by atoms with Crippen LogP contribution in [0.4, 0.5) is 5.69 Å². The van der Waals surface area contributed by atoms with Crippen molar-refractivity contribution in [2.24, 2.45) is 0 Å². The van der Waals surface area contributed by atoms with Gasteiger partial charge in [0.1, 0.15) is 0 Å². The highest BCUT2D eigenvalue weighted by molar-refractivity contribution is 9.10. The lowest BCUT2D eigenvalue weighted by Gasteiger charge is -2.07. The van der Waals surface area contributed by atoms with Crippen LogP contribution in [0.1, 0.15) is 18.4 Å². The summed E-state index contributed by atoms with van der Waals surface area (Å²) in [5.74, 6) is 0. The minimum absolute atomic E-state index is 0.846. The Hall–Kier alpha value is -0.540. The highest BCUT2D eigenvalue weighted by Crippen LogP contribution is 2.18. The zero-order valence-corrected chi connectivity index (χ0v) is 10.9. The lowest BCUT2D eigenvalue weighted by Crippen LogP contribution is -2.03. The zero-order valence-electron chi connectivity index (χ0n) is 9.35. The molecule has 0 heterocycles. The van der Waals surface area contributed by atoms with Gasteiger partial charge in [-0.2, -0.15) is 0 Å². The molecule has 1 aromatic rings. The van der Waals surface area contributed by atoms with Crippen molar-refractivity contribution in [2.45, 2.75) is 19.8 Å². The number of halogens is 1. The molecular weight excluding hydrogens is 254 g/mol. The van der Waals surface area contributed by atoms with Crippen molar-refractivity contribution in [3.8, 4) is 0 Å². The first kappa shape index (κ1) is 12.5. The summed E-state index contributed by atoms with van der Waals surface area (Å²) >= 11 is 3.49. The second-order valence-electron chi connectivity index (χ2n) is 3.64. The molecule has 0 fully saturated rings. The Morgan fingerprint density at radius 2 is 2.07 bits per heavy atom. The molecule has 0 atom stereocenters. The molecule has 0 unspecified atom stereocenters. The van der Waals surface area contributed by atoms with Gasteiger partial charge in [-0.25, -0.2) is 0 Å². The SMILES string of the molecule is COCCCCNc1cc(C)cc(Br)c1. The highest BCUT2D eigenvalue weighted by atomic mass is 79.9. The Balaban J connectivity index is 2.31. The third-order valence-corrected chi connectivity index (χ3v) is 2.60. The van der Waals surface area contributed by atoms with Gasteiger partial charge in [-0.05, 0) is 43.5 Å². The molecule has 1 N–H and O–H groups in total. The molecule has 0 spiro atoms. The number of unbranched alkanes of at least 4 members (excludes halogenated alkanes) is 1. The molecule has 3 heteroatoms. The molecule has 0 aromatic heterocycles. The van der Waals surface area contributed by atoms with E-state index in [9.17, 15) is 0 Å². The topological polar surface area (TPSA) is 21.3 Å². The first-order chi connectivity index (χ1) is 7.22. The molecule has 0 amide bonds. The fourth-order valence-corrected chi connectivity index (χ4v) is 2.05. The fraction of sp³-hybridized carbons (Fsp3) is 0.500. The Morgan fingerprint density at radius 3 is 2.73 bits per heavy atom. The Bertz CT molecular complexity index is 281. The van der Waals surface area contributed by atoms with Gasteiger partial charge in [0.05, 0.1) is 0 Å². The fourth-order valence-electron chi connectivity index (χ4n) is 1.44. The number of hydrogen-bond acceptors (Lipinski definition) is 2. The van der Waals surface area contributed by atoms with E-state index in [0.717, 1.165) is 30.5 Å². The smallest absolute Gasteiger partial charge is 0.0462 e. The molecule has 1 aromatic carbocycles. The van der Waals surface area contributed by atoms with Crippen LogP contribution in [0.2, 0.25) is 0 Å². The molecule has 84 valence electrons. The van der Waals surface area contributed by atoms with Crippen LogP contribution >= 0.6 is 15.9 Å². The molecule has 0 aliphatic heterocycles. The molecule has 0 radical (unpaired) electrons. The van der Waals surface area contributed by atoms with Crippen molar-refractivity contribution < 1.29 is 4.74 Å². The van der Waals surface area contributed by atoms with E-state index in [1.165, 1.54) is 11.3 Å². The van der Waals surface area contributed by atoms with Crippen LogP contribution < -0.4 is 5.32 Å². The number of ether oxygens (including phenoxy) is 1. The van der Waals surface area contributed by atoms with Crippen LogP contribution in [0.15, 0.2) is 22.7 Å². The third-order valence-electron chi connectivity index (χ3n) is 2.15. The molecule has 2 nitrogen and oxygen atoms in total. The van der Waals surface area contributed by atoms with Crippen LogP contribution in [0, 0.1) is 6.92 Å². The molecule has 0 saturated carbocycles. The predicted octanol–water partition coefficient (Wildman–Crippen LogP) is 3.60. The molecule has 0 saturated heterocycles. The number of anilines is 1. The van der Waals surface area contributed by atoms with E-state index < -0.39 is 0 Å². The average Bonchev–Trinajstić information content (AvgIpc) is 2.16. The monoisotopic (exact) mass is 271 g/mol. The van der Waals surface area contributed by atoms with E-state index in [1.807, 2.05) is 0 Å². The van der Waals surface area contributed by atoms with E-state index in [4.69, 9.17) is 4.74 Å². The minimum atomic E-state index is 0.846. The Labute approximate surface area is 100 Å². The second-order valence-corrected chi connectivity index (χ2v) is 4.56. The van der Waals surface area contributed by atoms with Gasteiger partial charge in [0, 0.05) is 30.4 Å². The quantitative estimate of drug-likeness (QED) is 0.799. The highest BCUT2D eigenvalue weighted by Gasteiger charge is 1.95. The normalized spacial score (nSPS) is 10.3. The largest absolute Gasteiger partial charge is 0.385 e. The maximum Gasteiger partial charge on any atom is 0.0462 e. The van der Waals surface area contributed by atoms with Gasteiger partial charge in [-0.15, -0.1) is 0 Å². The van der Waals surface area contributed by atoms with Crippen molar-refractivity contribution >= 4 is 21.6 Å². The van der Waals surface area contributed by atoms with Crippen LogP contribution in [-0.2, 0) is 4.74 Å². The van der Waals surface area contributed by atoms with Gasteiger partial charge in [0.2, 0.25) is 0 Å². The number of rotatable bonds is 6. The predicted molar refractivity (Wildman–Crippen MR) is 68.5 cm³/mol. The average molecular weight is 272 g/mol. The maximum absolute atomic E-state index is 5.00. The van der Waals surface area contributed by atoms with E-state index in [-0.39, 0.29) is 0 Å². The molecule has 0 bridgehead atoms. The van der Waals surface area contributed by atoms with Gasteiger partial charge < -0.3 is 10.1 Å². The summed E-state index contributed by atoms with van der Waals surface area (Å²) in [7, 11) is 1.74. The lowest BCUT2D eigenvalue weighted by atomic mass is 10.2. The minimum Gasteiger partial charge on any atom is -0.385 e. The van der Waals surface area contributed by atoms with Crippen molar-refractivity contribution in [2.75, 3.05) is 25.6 Å². The molecule has 1 rings (SSSR count). The summed E-state index contributed by atoms with van der Waals surface area (Å²) in [6.45, 7) is 3.94. The second kappa shape index (κ2) is 6.85. The van der Waals surface area contributed by atoms with Crippen molar-refractivity contribution in [1.82, 2.24) is 0 Å². The van der Waals surface area contributed by atoms with Gasteiger partial charge in [-0.1, -0.05) is 15.9 Å². The number of methoxy groups -OCH3 is 1. The summed E-state index contributed by atoms with van der Waals surface area (Å²) in [4.78, 5) is 0. The number of aryl methyl sites for hydroxylation is 1. The van der Waals surface area contributed by atoms with Gasteiger partial charge >= 0.3 is 0 Å². The Kier molecular flexibility index (Phi) is 5.73. The van der Waals surface area contributed by atoms with E-state index in [1.54, 1.807) is 7.11 Å². The van der Waals surface area contributed by atoms with Crippen molar-refractivity contribution in [3.63, 3.8) is 0 Å². The summed E-state index contributed by atoms with van der Waals surface area (Å²) < 4.78 is 6.12.